The van der Waals surface area contributed by atoms with Crippen molar-refractivity contribution in [3.05, 3.63) is 30.3 Å². The summed E-state index contributed by atoms with van der Waals surface area (Å²) in [6.07, 6.45) is 7.42. The number of methoxy groups -OCH3 is 1. The topological polar surface area (TPSA) is 80.6 Å². The lowest BCUT2D eigenvalue weighted by Gasteiger charge is -2.22. The Labute approximate surface area is 158 Å². The number of rotatable bonds is 8. The Morgan fingerprint density at radius 3 is 2.67 bits per heavy atom. The summed E-state index contributed by atoms with van der Waals surface area (Å²) in [7, 11) is 1.33. The minimum atomic E-state index is -0.633. The van der Waals surface area contributed by atoms with Crippen LogP contribution in [0.5, 0.6) is 5.75 Å². The van der Waals surface area contributed by atoms with Crippen LogP contribution in [0.4, 0.5) is 0 Å². The first-order chi connectivity index (χ1) is 13.1. The lowest BCUT2D eigenvalue weighted by atomic mass is 10.0. The van der Waals surface area contributed by atoms with Crippen molar-refractivity contribution in [2.45, 2.75) is 49.9 Å². The van der Waals surface area contributed by atoms with Crippen LogP contribution >= 0.6 is 0 Å². The summed E-state index contributed by atoms with van der Waals surface area (Å²) in [5, 5.41) is 8.11. The van der Waals surface area contributed by atoms with Gasteiger partial charge in [0.2, 0.25) is 5.91 Å². The van der Waals surface area contributed by atoms with Gasteiger partial charge in [-0.1, -0.05) is 18.2 Å². The van der Waals surface area contributed by atoms with Crippen LogP contribution in [-0.2, 0) is 14.3 Å². The molecule has 2 heterocycles. The average Bonchev–Trinajstić information content (AvgIpc) is 3.35. The highest BCUT2D eigenvalue weighted by molar-refractivity contribution is 5.85. The Kier molecular flexibility index (Phi) is 5.75. The minimum Gasteiger partial charge on any atom is -0.488 e. The zero-order chi connectivity index (χ0) is 19.3. The molecule has 1 fully saturated rings. The van der Waals surface area contributed by atoms with Gasteiger partial charge in [-0.3, -0.25) is 4.79 Å². The van der Waals surface area contributed by atoms with Gasteiger partial charge < -0.3 is 14.4 Å². The van der Waals surface area contributed by atoms with Gasteiger partial charge in [0, 0.05) is 32.1 Å². The Morgan fingerprint density at radius 2 is 2.04 bits per heavy atom. The van der Waals surface area contributed by atoms with Crippen LogP contribution < -0.4 is 4.74 Å². The number of esters is 1. The molecular weight excluding hydrogens is 346 g/mol. The summed E-state index contributed by atoms with van der Waals surface area (Å²) >= 11 is 0. The molecule has 142 valence electrons. The van der Waals surface area contributed by atoms with E-state index in [4.69, 9.17) is 15.9 Å². The number of terminal acetylenes is 1. The molecule has 0 saturated carbocycles. The first-order valence-electron chi connectivity index (χ1n) is 9.03. The van der Waals surface area contributed by atoms with E-state index in [1.54, 1.807) is 4.90 Å². The van der Waals surface area contributed by atoms with Crippen molar-refractivity contribution in [1.29, 1.82) is 0 Å². The molecule has 0 spiro atoms. The summed E-state index contributed by atoms with van der Waals surface area (Å²) in [5.74, 6) is 2.74. The van der Waals surface area contributed by atoms with E-state index in [9.17, 15) is 9.59 Å². The average molecular weight is 369 g/mol. The summed E-state index contributed by atoms with van der Waals surface area (Å²) < 4.78 is 10.8. The number of carbonyl (C=O) groups excluding carboxylic acids is 2. The number of carbonyl (C=O) groups is 2. The molecule has 0 radical (unpaired) electrons. The van der Waals surface area contributed by atoms with Crippen molar-refractivity contribution in [2.24, 2.45) is 10.2 Å². The molecule has 7 heteroatoms. The SMILES string of the molecule is C#CCCC1(CCC(=O)N2C[C@@H](Oc3ccccc3)C[C@H]2C(=O)OC)N=N1. The molecule has 7 nitrogen and oxygen atoms in total. The zero-order valence-electron chi connectivity index (χ0n) is 15.3. The number of benzene rings is 1. The van der Waals surface area contributed by atoms with Gasteiger partial charge in [-0.05, 0) is 12.1 Å². The van der Waals surface area contributed by atoms with E-state index in [2.05, 4.69) is 16.1 Å². The summed E-state index contributed by atoms with van der Waals surface area (Å²) in [6, 6.07) is 8.72. The van der Waals surface area contributed by atoms with E-state index in [-0.39, 0.29) is 18.4 Å². The molecule has 2 atom stereocenters. The first kappa shape index (κ1) is 18.9. The lowest BCUT2D eigenvalue weighted by Crippen LogP contribution is -2.41. The highest BCUT2D eigenvalue weighted by atomic mass is 16.5. The molecule has 1 saturated heterocycles. The molecule has 27 heavy (non-hydrogen) atoms. The van der Waals surface area contributed by atoms with Gasteiger partial charge in [0.25, 0.3) is 0 Å². The maximum absolute atomic E-state index is 12.8. The molecular formula is C20H23N3O4. The smallest absolute Gasteiger partial charge is 0.328 e. The Morgan fingerprint density at radius 1 is 1.30 bits per heavy atom. The van der Waals surface area contributed by atoms with Gasteiger partial charge >= 0.3 is 5.97 Å². The highest BCUT2D eigenvalue weighted by Crippen LogP contribution is 2.38. The van der Waals surface area contributed by atoms with Crippen molar-refractivity contribution in [3.63, 3.8) is 0 Å². The summed E-state index contributed by atoms with van der Waals surface area (Å²) in [6.45, 7) is 0.346. The molecule has 1 aromatic carbocycles. The molecule has 0 unspecified atom stereocenters. The van der Waals surface area contributed by atoms with E-state index < -0.39 is 17.7 Å². The van der Waals surface area contributed by atoms with Gasteiger partial charge in [-0.2, -0.15) is 10.2 Å². The van der Waals surface area contributed by atoms with Crippen molar-refractivity contribution >= 4 is 11.9 Å². The zero-order valence-corrected chi connectivity index (χ0v) is 15.3. The molecule has 1 aromatic rings. The van der Waals surface area contributed by atoms with Crippen molar-refractivity contribution in [3.8, 4) is 18.1 Å². The predicted octanol–water partition coefficient (Wildman–Crippen LogP) is 2.56. The van der Waals surface area contributed by atoms with Crippen LogP contribution in [0.25, 0.3) is 0 Å². The van der Waals surface area contributed by atoms with Crippen LogP contribution in [0, 0.1) is 12.3 Å². The van der Waals surface area contributed by atoms with Crippen molar-refractivity contribution in [2.75, 3.05) is 13.7 Å². The fourth-order valence-corrected chi connectivity index (χ4v) is 3.33. The second-order valence-electron chi connectivity index (χ2n) is 6.76. The molecule has 2 aliphatic heterocycles. The molecule has 0 bridgehead atoms. The standard InChI is InChI=1S/C20H23N3O4/c1-3-4-11-20(21-22-20)12-10-18(24)23-14-16(13-17(23)19(25)26-2)27-15-8-6-5-7-9-15/h1,5-9,16-17H,4,10-14H2,2H3/t16-,17-/m0/s1. The Hall–Kier alpha value is -2.88. The molecule has 0 N–H and O–H groups in total. The van der Waals surface area contributed by atoms with E-state index >= 15 is 0 Å². The number of hydrogen-bond acceptors (Lipinski definition) is 6. The normalized spacial score (nSPS) is 22.1. The van der Waals surface area contributed by atoms with Gasteiger partial charge in [0.05, 0.1) is 13.7 Å². The fourth-order valence-electron chi connectivity index (χ4n) is 3.33. The molecule has 0 aromatic heterocycles. The minimum absolute atomic E-state index is 0.123. The maximum atomic E-state index is 12.8. The van der Waals surface area contributed by atoms with E-state index in [1.165, 1.54) is 7.11 Å². The van der Waals surface area contributed by atoms with Crippen LogP contribution in [0.3, 0.4) is 0 Å². The second kappa shape index (κ2) is 8.21. The largest absolute Gasteiger partial charge is 0.488 e. The van der Waals surface area contributed by atoms with Crippen LogP contribution in [0.15, 0.2) is 40.6 Å². The van der Waals surface area contributed by atoms with E-state index in [0.717, 1.165) is 0 Å². The molecule has 2 aliphatic rings. The molecule has 3 rings (SSSR count). The van der Waals surface area contributed by atoms with Crippen LogP contribution in [-0.4, -0.2) is 48.2 Å². The van der Waals surface area contributed by atoms with Crippen LogP contribution in [0.2, 0.25) is 0 Å². The fraction of sp³-hybridized carbons (Fsp3) is 0.500. The number of nitrogens with zero attached hydrogens (tertiary/aromatic N) is 3. The predicted molar refractivity (Wildman–Crippen MR) is 97.9 cm³/mol. The van der Waals surface area contributed by atoms with Gasteiger partial charge in [-0.25, -0.2) is 4.79 Å². The number of likely N-dealkylation sites (tertiary alicyclic amines) is 1. The first-order valence-corrected chi connectivity index (χ1v) is 9.03. The third kappa shape index (κ3) is 4.64. The lowest BCUT2D eigenvalue weighted by molar-refractivity contribution is -0.151. The Balaban J connectivity index is 1.60. The third-order valence-corrected chi connectivity index (χ3v) is 4.89. The summed E-state index contributed by atoms with van der Waals surface area (Å²) in [5.41, 5.74) is -0.511. The highest BCUT2D eigenvalue weighted by Gasteiger charge is 2.44. The molecule has 1 amide bonds. The second-order valence-corrected chi connectivity index (χ2v) is 6.76. The summed E-state index contributed by atoms with van der Waals surface area (Å²) in [4.78, 5) is 26.5. The van der Waals surface area contributed by atoms with Gasteiger partial charge in [-0.15, -0.1) is 12.3 Å². The van der Waals surface area contributed by atoms with E-state index in [0.29, 0.717) is 38.0 Å². The van der Waals surface area contributed by atoms with Gasteiger partial charge in [0.15, 0.2) is 5.66 Å². The van der Waals surface area contributed by atoms with Crippen molar-refractivity contribution in [1.82, 2.24) is 4.90 Å². The Bertz CT molecular complexity index is 750. The van der Waals surface area contributed by atoms with Crippen LogP contribution in [0.1, 0.15) is 32.1 Å². The van der Waals surface area contributed by atoms with E-state index in [1.807, 2.05) is 30.3 Å². The number of ether oxygens (including phenoxy) is 2. The van der Waals surface area contributed by atoms with Crippen molar-refractivity contribution < 1.29 is 19.1 Å². The number of amides is 1. The maximum Gasteiger partial charge on any atom is 0.328 e. The number of hydrogen-bond donors (Lipinski definition) is 0. The van der Waals surface area contributed by atoms with Gasteiger partial charge in [0.1, 0.15) is 17.9 Å². The third-order valence-electron chi connectivity index (χ3n) is 4.89. The molecule has 0 aliphatic carbocycles. The quantitative estimate of drug-likeness (QED) is 0.521. The number of para-hydroxylation sites is 1. The monoisotopic (exact) mass is 369 g/mol.